The molecule has 0 unspecified atom stereocenters. The van der Waals surface area contributed by atoms with Crippen LogP contribution in [0.4, 0.5) is 5.95 Å². The molecule has 0 fully saturated rings. The lowest BCUT2D eigenvalue weighted by Crippen LogP contribution is -2.14. The second kappa shape index (κ2) is 5.65. The van der Waals surface area contributed by atoms with Gasteiger partial charge in [-0.1, -0.05) is 0 Å². The quantitative estimate of drug-likeness (QED) is 0.708. The van der Waals surface area contributed by atoms with Crippen molar-refractivity contribution in [3.63, 3.8) is 0 Å². The highest BCUT2D eigenvalue weighted by atomic mass is 16.5. The van der Waals surface area contributed by atoms with Gasteiger partial charge in [0.25, 0.3) is 0 Å². The van der Waals surface area contributed by atoms with E-state index in [0.29, 0.717) is 6.04 Å². The molecule has 0 bridgehead atoms. The smallest absolute Gasteiger partial charge is 0.203 e. The van der Waals surface area contributed by atoms with Gasteiger partial charge in [-0.2, -0.15) is 0 Å². The van der Waals surface area contributed by atoms with E-state index in [4.69, 9.17) is 4.74 Å². The molecule has 0 aliphatic heterocycles. The Labute approximate surface area is 85.3 Å². The van der Waals surface area contributed by atoms with Crippen molar-refractivity contribution in [1.29, 1.82) is 0 Å². The van der Waals surface area contributed by atoms with E-state index in [2.05, 4.69) is 28.7 Å². The number of imidazole rings is 1. The predicted molar refractivity (Wildman–Crippen MR) is 57.6 cm³/mol. The van der Waals surface area contributed by atoms with Crippen molar-refractivity contribution in [1.82, 2.24) is 9.55 Å². The van der Waals surface area contributed by atoms with Crippen LogP contribution in [-0.2, 0) is 4.74 Å². The van der Waals surface area contributed by atoms with Gasteiger partial charge >= 0.3 is 0 Å². The summed E-state index contributed by atoms with van der Waals surface area (Å²) in [6.07, 6.45) is 3.79. The second-order valence-electron chi connectivity index (χ2n) is 3.38. The first kappa shape index (κ1) is 11.0. The van der Waals surface area contributed by atoms with E-state index in [0.717, 1.165) is 25.7 Å². The summed E-state index contributed by atoms with van der Waals surface area (Å²) >= 11 is 0. The zero-order valence-corrected chi connectivity index (χ0v) is 9.16. The van der Waals surface area contributed by atoms with Crippen molar-refractivity contribution in [2.45, 2.75) is 26.8 Å². The number of aromatic nitrogens is 2. The lowest BCUT2D eigenvalue weighted by molar-refractivity contribution is 0.158. The highest BCUT2D eigenvalue weighted by Gasteiger charge is 2.03. The molecule has 1 aromatic rings. The number of anilines is 1. The lowest BCUT2D eigenvalue weighted by Gasteiger charge is -2.12. The number of nitrogens with zero attached hydrogens (tertiary/aromatic N) is 2. The maximum Gasteiger partial charge on any atom is 0.203 e. The van der Waals surface area contributed by atoms with Crippen LogP contribution in [0.1, 0.15) is 26.8 Å². The van der Waals surface area contributed by atoms with Crippen LogP contribution < -0.4 is 5.32 Å². The lowest BCUT2D eigenvalue weighted by atomic mass is 10.4. The van der Waals surface area contributed by atoms with Crippen LogP contribution in [0.25, 0.3) is 0 Å². The van der Waals surface area contributed by atoms with Gasteiger partial charge in [-0.05, 0) is 20.8 Å². The van der Waals surface area contributed by atoms with E-state index in [1.54, 1.807) is 0 Å². The highest BCUT2D eigenvalue weighted by Crippen LogP contribution is 2.11. The van der Waals surface area contributed by atoms with Crippen molar-refractivity contribution in [3.8, 4) is 0 Å². The van der Waals surface area contributed by atoms with E-state index in [-0.39, 0.29) is 0 Å². The van der Waals surface area contributed by atoms with Crippen molar-refractivity contribution < 1.29 is 4.74 Å². The Hall–Kier alpha value is -1.03. The van der Waals surface area contributed by atoms with Crippen LogP contribution >= 0.6 is 0 Å². The molecular formula is C10H19N3O. The first-order chi connectivity index (χ1) is 6.75. The zero-order valence-electron chi connectivity index (χ0n) is 9.16. The summed E-state index contributed by atoms with van der Waals surface area (Å²) in [5.74, 6) is 0.916. The second-order valence-corrected chi connectivity index (χ2v) is 3.38. The molecule has 4 nitrogen and oxygen atoms in total. The van der Waals surface area contributed by atoms with Crippen LogP contribution in [0.15, 0.2) is 12.4 Å². The molecule has 0 spiro atoms. The summed E-state index contributed by atoms with van der Waals surface area (Å²) < 4.78 is 7.34. The first-order valence-electron chi connectivity index (χ1n) is 5.10. The summed E-state index contributed by atoms with van der Waals surface area (Å²) in [5, 5.41) is 3.24. The van der Waals surface area contributed by atoms with Gasteiger partial charge in [0.1, 0.15) is 0 Å². The molecule has 0 atom stereocenters. The van der Waals surface area contributed by atoms with Crippen LogP contribution in [-0.4, -0.2) is 29.3 Å². The van der Waals surface area contributed by atoms with Gasteiger partial charge in [0.15, 0.2) is 0 Å². The fourth-order valence-electron chi connectivity index (χ4n) is 1.25. The minimum absolute atomic E-state index is 0.437. The van der Waals surface area contributed by atoms with Crippen LogP contribution in [0.5, 0.6) is 0 Å². The summed E-state index contributed by atoms with van der Waals surface area (Å²) in [6.45, 7) is 8.55. The Morgan fingerprint density at radius 2 is 2.36 bits per heavy atom. The molecule has 14 heavy (non-hydrogen) atoms. The summed E-state index contributed by atoms with van der Waals surface area (Å²) in [4.78, 5) is 4.23. The Balaban J connectivity index is 2.38. The van der Waals surface area contributed by atoms with Gasteiger partial charge in [-0.15, -0.1) is 0 Å². The van der Waals surface area contributed by atoms with Gasteiger partial charge in [0, 0.05) is 31.6 Å². The van der Waals surface area contributed by atoms with Crippen molar-refractivity contribution in [2.24, 2.45) is 0 Å². The van der Waals surface area contributed by atoms with E-state index >= 15 is 0 Å². The number of rotatable bonds is 6. The van der Waals surface area contributed by atoms with E-state index in [1.807, 2.05) is 19.3 Å². The predicted octanol–water partition coefficient (Wildman–Crippen LogP) is 1.91. The van der Waals surface area contributed by atoms with E-state index in [9.17, 15) is 0 Å². The third-order valence-electron chi connectivity index (χ3n) is 1.96. The molecule has 1 rings (SSSR count). The minimum Gasteiger partial charge on any atom is -0.380 e. The Bertz CT molecular complexity index is 258. The van der Waals surface area contributed by atoms with Gasteiger partial charge < -0.3 is 14.6 Å². The molecule has 0 saturated heterocycles. The number of hydrogen-bond donors (Lipinski definition) is 1. The summed E-state index contributed by atoms with van der Waals surface area (Å²) in [7, 11) is 0. The minimum atomic E-state index is 0.437. The third kappa shape index (κ3) is 3.03. The van der Waals surface area contributed by atoms with E-state index < -0.39 is 0 Å². The average molecular weight is 197 g/mol. The van der Waals surface area contributed by atoms with Gasteiger partial charge in [0.2, 0.25) is 5.95 Å². The molecule has 0 saturated carbocycles. The number of nitrogens with one attached hydrogen (secondary N) is 1. The zero-order chi connectivity index (χ0) is 10.4. The Kier molecular flexibility index (Phi) is 4.46. The van der Waals surface area contributed by atoms with Crippen LogP contribution in [0.3, 0.4) is 0 Å². The number of ether oxygens (including phenoxy) is 1. The van der Waals surface area contributed by atoms with Crippen LogP contribution in [0, 0.1) is 0 Å². The number of hydrogen-bond acceptors (Lipinski definition) is 3. The van der Waals surface area contributed by atoms with Crippen LogP contribution in [0.2, 0.25) is 0 Å². The molecule has 1 heterocycles. The van der Waals surface area contributed by atoms with Crippen molar-refractivity contribution in [2.75, 3.05) is 25.1 Å². The van der Waals surface area contributed by atoms with Gasteiger partial charge in [-0.3, -0.25) is 0 Å². The highest BCUT2D eigenvalue weighted by molar-refractivity contribution is 5.26. The van der Waals surface area contributed by atoms with Gasteiger partial charge in [-0.25, -0.2) is 4.98 Å². The standard InChI is InChI=1S/C10H19N3O/c1-4-14-8-6-12-10-11-5-7-13(10)9(2)3/h5,7,9H,4,6,8H2,1-3H3,(H,11,12). The topological polar surface area (TPSA) is 39.1 Å². The largest absolute Gasteiger partial charge is 0.380 e. The molecule has 0 amide bonds. The molecule has 1 N–H and O–H groups in total. The molecule has 0 aliphatic rings. The SMILES string of the molecule is CCOCCNc1nccn1C(C)C. The Morgan fingerprint density at radius 3 is 3.00 bits per heavy atom. The summed E-state index contributed by atoms with van der Waals surface area (Å²) in [5.41, 5.74) is 0. The normalized spacial score (nSPS) is 10.9. The molecular weight excluding hydrogens is 178 g/mol. The first-order valence-corrected chi connectivity index (χ1v) is 5.10. The monoisotopic (exact) mass is 197 g/mol. The maximum atomic E-state index is 5.23. The fraction of sp³-hybridized carbons (Fsp3) is 0.700. The molecule has 0 aliphatic carbocycles. The molecule has 80 valence electrons. The fourth-order valence-corrected chi connectivity index (χ4v) is 1.25. The average Bonchev–Trinajstić information content (AvgIpc) is 2.60. The maximum absolute atomic E-state index is 5.23. The summed E-state index contributed by atoms with van der Waals surface area (Å²) in [6, 6.07) is 0.437. The molecule has 1 aromatic heterocycles. The van der Waals surface area contributed by atoms with E-state index in [1.165, 1.54) is 0 Å². The molecule has 4 heteroatoms. The molecule has 0 aromatic carbocycles. The van der Waals surface area contributed by atoms with Crippen molar-refractivity contribution >= 4 is 5.95 Å². The Morgan fingerprint density at radius 1 is 1.57 bits per heavy atom. The molecule has 0 radical (unpaired) electrons. The van der Waals surface area contributed by atoms with Gasteiger partial charge in [0.05, 0.1) is 6.61 Å². The van der Waals surface area contributed by atoms with Crippen molar-refractivity contribution in [3.05, 3.63) is 12.4 Å². The third-order valence-corrected chi connectivity index (χ3v) is 1.96.